The topological polar surface area (TPSA) is 90.3 Å². The molecule has 2 rings (SSSR count). The van der Waals surface area contributed by atoms with Gasteiger partial charge in [-0.2, -0.15) is 5.26 Å². The molecule has 0 saturated heterocycles. The molecule has 0 bridgehead atoms. The van der Waals surface area contributed by atoms with Crippen molar-refractivity contribution in [2.45, 2.75) is 4.90 Å². The molecule has 0 fully saturated rings. The van der Waals surface area contributed by atoms with Gasteiger partial charge in [-0.15, -0.1) is 0 Å². The highest BCUT2D eigenvalue weighted by Gasteiger charge is 2.16. The Morgan fingerprint density at radius 1 is 1.13 bits per heavy atom. The summed E-state index contributed by atoms with van der Waals surface area (Å²) in [4.78, 5) is 12.3. The molecule has 0 aromatic heterocycles. The van der Waals surface area contributed by atoms with Crippen LogP contribution in [-0.2, 0) is 10.0 Å². The van der Waals surface area contributed by atoms with Gasteiger partial charge in [0.05, 0.1) is 16.5 Å². The molecule has 0 aliphatic carbocycles. The van der Waals surface area contributed by atoms with Crippen LogP contribution in [0, 0.1) is 11.3 Å². The highest BCUT2D eigenvalue weighted by Crippen LogP contribution is 2.17. The fourth-order valence-corrected chi connectivity index (χ4v) is 2.76. The lowest BCUT2D eigenvalue weighted by Gasteiger charge is -2.12. The summed E-state index contributed by atoms with van der Waals surface area (Å²) in [5.74, 6) is -0.370. The predicted octanol–water partition coefficient (Wildman–Crippen LogP) is 2.06. The molecule has 0 spiro atoms. The number of hydrogen-bond acceptors (Lipinski definition) is 4. The van der Waals surface area contributed by atoms with Gasteiger partial charge in [-0.05, 0) is 42.5 Å². The molecule has 0 aliphatic heterocycles. The Kier molecular flexibility index (Phi) is 4.79. The molecule has 23 heavy (non-hydrogen) atoms. The van der Waals surface area contributed by atoms with E-state index in [2.05, 4.69) is 5.32 Å². The minimum atomic E-state index is -3.50. The molecule has 2 aromatic rings. The molecule has 6 nitrogen and oxygen atoms in total. The van der Waals surface area contributed by atoms with Crippen molar-refractivity contribution in [3.63, 3.8) is 0 Å². The van der Waals surface area contributed by atoms with Crippen molar-refractivity contribution in [3.05, 3.63) is 59.7 Å². The first-order valence-electron chi connectivity index (χ1n) is 6.68. The van der Waals surface area contributed by atoms with Crippen molar-refractivity contribution >= 4 is 21.6 Å². The third-order valence-electron chi connectivity index (χ3n) is 3.14. The van der Waals surface area contributed by atoms with Crippen LogP contribution >= 0.6 is 0 Å². The number of sulfonamides is 1. The quantitative estimate of drug-likeness (QED) is 0.929. The van der Waals surface area contributed by atoms with E-state index in [1.54, 1.807) is 18.2 Å². The molecule has 7 heteroatoms. The first-order valence-corrected chi connectivity index (χ1v) is 8.12. The van der Waals surface area contributed by atoms with Crippen molar-refractivity contribution in [2.75, 3.05) is 19.4 Å². The van der Waals surface area contributed by atoms with Gasteiger partial charge >= 0.3 is 0 Å². The number of nitriles is 1. The van der Waals surface area contributed by atoms with E-state index in [0.717, 1.165) is 4.31 Å². The second kappa shape index (κ2) is 6.60. The van der Waals surface area contributed by atoms with Gasteiger partial charge in [0, 0.05) is 25.3 Å². The lowest BCUT2D eigenvalue weighted by atomic mass is 10.1. The van der Waals surface area contributed by atoms with Crippen LogP contribution in [0.25, 0.3) is 0 Å². The summed E-state index contributed by atoms with van der Waals surface area (Å²) in [6.07, 6.45) is 0. The summed E-state index contributed by atoms with van der Waals surface area (Å²) >= 11 is 0. The number of rotatable bonds is 4. The SMILES string of the molecule is CN(C)S(=O)(=O)c1ccc(NC(=O)c2cccc(C#N)c2)cc1. The average molecular weight is 329 g/mol. The molecule has 118 valence electrons. The fourth-order valence-electron chi connectivity index (χ4n) is 1.85. The number of anilines is 1. The fraction of sp³-hybridized carbons (Fsp3) is 0.125. The lowest BCUT2D eigenvalue weighted by molar-refractivity contribution is 0.102. The summed E-state index contributed by atoms with van der Waals surface area (Å²) in [5.41, 5.74) is 1.22. The number of amides is 1. The van der Waals surface area contributed by atoms with Crippen molar-refractivity contribution in [3.8, 4) is 6.07 Å². The van der Waals surface area contributed by atoms with Gasteiger partial charge in [0.1, 0.15) is 0 Å². The first kappa shape index (κ1) is 16.7. The van der Waals surface area contributed by atoms with Gasteiger partial charge in [-0.1, -0.05) is 6.07 Å². The molecular formula is C16H15N3O3S. The van der Waals surface area contributed by atoms with E-state index in [9.17, 15) is 13.2 Å². The van der Waals surface area contributed by atoms with Crippen LogP contribution in [0.15, 0.2) is 53.4 Å². The monoisotopic (exact) mass is 329 g/mol. The normalized spacial score (nSPS) is 11.0. The predicted molar refractivity (Wildman–Crippen MR) is 86.4 cm³/mol. The smallest absolute Gasteiger partial charge is 0.255 e. The Balaban J connectivity index is 2.18. The van der Waals surface area contributed by atoms with Crippen LogP contribution in [-0.4, -0.2) is 32.7 Å². The van der Waals surface area contributed by atoms with Gasteiger partial charge in [-0.25, -0.2) is 12.7 Å². The molecule has 0 heterocycles. The van der Waals surface area contributed by atoms with E-state index in [0.29, 0.717) is 16.8 Å². The maximum Gasteiger partial charge on any atom is 0.255 e. The average Bonchev–Trinajstić information content (AvgIpc) is 2.55. The Bertz CT molecular complexity index is 866. The zero-order valence-electron chi connectivity index (χ0n) is 12.6. The number of nitrogens with one attached hydrogen (secondary N) is 1. The van der Waals surface area contributed by atoms with E-state index < -0.39 is 10.0 Å². The van der Waals surface area contributed by atoms with E-state index in [1.165, 1.54) is 44.4 Å². The lowest BCUT2D eigenvalue weighted by Crippen LogP contribution is -2.22. The largest absolute Gasteiger partial charge is 0.322 e. The van der Waals surface area contributed by atoms with Crippen LogP contribution in [0.3, 0.4) is 0 Å². The minimum absolute atomic E-state index is 0.145. The van der Waals surface area contributed by atoms with Crippen LogP contribution in [0.5, 0.6) is 0 Å². The van der Waals surface area contributed by atoms with Crippen LogP contribution < -0.4 is 5.32 Å². The summed E-state index contributed by atoms with van der Waals surface area (Å²) in [5, 5.41) is 11.5. The Hall–Kier alpha value is -2.69. The summed E-state index contributed by atoms with van der Waals surface area (Å²) in [6, 6.07) is 14.2. The Morgan fingerprint density at radius 2 is 1.78 bits per heavy atom. The molecule has 2 aromatic carbocycles. The molecule has 0 radical (unpaired) electrons. The number of carbonyl (C=O) groups is 1. The van der Waals surface area contributed by atoms with E-state index in [4.69, 9.17) is 5.26 Å². The highest BCUT2D eigenvalue weighted by atomic mass is 32.2. The highest BCUT2D eigenvalue weighted by molar-refractivity contribution is 7.89. The van der Waals surface area contributed by atoms with E-state index in [1.807, 2.05) is 6.07 Å². The third kappa shape index (κ3) is 3.74. The Morgan fingerprint density at radius 3 is 2.35 bits per heavy atom. The van der Waals surface area contributed by atoms with Gasteiger partial charge < -0.3 is 5.32 Å². The van der Waals surface area contributed by atoms with Crippen molar-refractivity contribution in [1.82, 2.24) is 4.31 Å². The molecule has 1 amide bonds. The van der Waals surface area contributed by atoms with Gasteiger partial charge in [0.25, 0.3) is 5.91 Å². The van der Waals surface area contributed by atoms with Crippen molar-refractivity contribution in [1.29, 1.82) is 5.26 Å². The third-order valence-corrected chi connectivity index (χ3v) is 4.97. The van der Waals surface area contributed by atoms with Gasteiger partial charge in [0.15, 0.2) is 0 Å². The molecule has 0 saturated carbocycles. The van der Waals surface area contributed by atoms with Crippen molar-refractivity contribution < 1.29 is 13.2 Å². The molecule has 0 atom stereocenters. The molecule has 1 N–H and O–H groups in total. The first-order chi connectivity index (χ1) is 10.8. The van der Waals surface area contributed by atoms with Gasteiger partial charge in [0.2, 0.25) is 10.0 Å². The standard InChI is InChI=1S/C16H15N3O3S/c1-19(2)23(21,22)15-8-6-14(7-9-15)18-16(20)13-5-3-4-12(10-13)11-17/h3-10H,1-2H3,(H,18,20). The van der Waals surface area contributed by atoms with Crippen LogP contribution in [0.4, 0.5) is 5.69 Å². The number of benzene rings is 2. The van der Waals surface area contributed by atoms with E-state index in [-0.39, 0.29) is 10.8 Å². The number of nitrogens with zero attached hydrogens (tertiary/aromatic N) is 2. The summed E-state index contributed by atoms with van der Waals surface area (Å²) in [7, 11) is -0.596. The van der Waals surface area contributed by atoms with Crippen LogP contribution in [0.2, 0.25) is 0 Å². The van der Waals surface area contributed by atoms with Gasteiger partial charge in [-0.3, -0.25) is 4.79 Å². The van der Waals surface area contributed by atoms with E-state index >= 15 is 0 Å². The second-order valence-electron chi connectivity index (χ2n) is 4.96. The maximum atomic E-state index is 12.1. The molecule has 0 unspecified atom stereocenters. The van der Waals surface area contributed by atoms with Crippen molar-refractivity contribution in [2.24, 2.45) is 0 Å². The number of carbonyl (C=O) groups excluding carboxylic acids is 1. The minimum Gasteiger partial charge on any atom is -0.322 e. The molecular weight excluding hydrogens is 314 g/mol. The zero-order chi connectivity index (χ0) is 17.0. The van der Waals surface area contributed by atoms with Crippen LogP contribution in [0.1, 0.15) is 15.9 Å². The zero-order valence-corrected chi connectivity index (χ0v) is 13.5. The Labute approximate surface area is 135 Å². The maximum absolute atomic E-state index is 12.1. The summed E-state index contributed by atoms with van der Waals surface area (Å²) < 4.78 is 25.0. The molecule has 0 aliphatic rings. The number of hydrogen-bond donors (Lipinski definition) is 1. The summed E-state index contributed by atoms with van der Waals surface area (Å²) in [6.45, 7) is 0. The second-order valence-corrected chi connectivity index (χ2v) is 7.11.